The number of aromatic nitrogens is 1. The number of piperidine rings is 1. The van der Waals surface area contributed by atoms with E-state index in [1.54, 1.807) is 11.3 Å². The van der Waals surface area contributed by atoms with Gasteiger partial charge in [-0.25, -0.2) is 4.98 Å². The molecule has 0 spiro atoms. The summed E-state index contributed by atoms with van der Waals surface area (Å²) in [6.45, 7) is 2.10. The molecular weight excluding hydrogens is 258 g/mol. The number of carbonyl (C=O) groups excluding carboxylic acids is 1. The minimum Gasteiger partial charge on any atom is -0.349 e. The maximum absolute atomic E-state index is 12.2. The highest BCUT2D eigenvalue weighted by atomic mass is 32.1. The lowest BCUT2D eigenvalue weighted by Crippen LogP contribution is -2.43. The maximum Gasteiger partial charge on any atom is 0.251 e. The van der Waals surface area contributed by atoms with E-state index in [0.717, 1.165) is 36.1 Å². The van der Waals surface area contributed by atoms with Crippen LogP contribution in [0.1, 0.15) is 23.2 Å². The van der Waals surface area contributed by atoms with Gasteiger partial charge in [0.25, 0.3) is 5.91 Å². The predicted molar refractivity (Wildman–Crippen MR) is 77.6 cm³/mol. The summed E-state index contributed by atoms with van der Waals surface area (Å²) in [6, 6.07) is 6.02. The fourth-order valence-electron chi connectivity index (χ4n) is 2.42. The van der Waals surface area contributed by atoms with Gasteiger partial charge < -0.3 is 10.2 Å². The molecule has 1 aliphatic rings. The third kappa shape index (κ3) is 2.77. The summed E-state index contributed by atoms with van der Waals surface area (Å²) in [5.74, 6) is 0.0180. The summed E-state index contributed by atoms with van der Waals surface area (Å²) in [6.07, 6.45) is 2.06. The van der Waals surface area contributed by atoms with Gasteiger partial charge in [0.15, 0.2) is 0 Å². The molecule has 1 aliphatic heterocycles. The summed E-state index contributed by atoms with van der Waals surface area (Å²) < 4.78 is 1.12. The molecule has 1 aromatic carbocycles. The molecule has 0 bridgehead atoms. The third-order valence-corrected chi connectivity index (χ3v) is 4.46. The van der Waals surface area contributed by atoms with Gasteiger partial charge in [0.05, 0.1) is 15.7 Å². The molecule has 2 heterocycles. The van der Waals surface area contributed by atoms with Gasteiger partial charge in [-0.2, -0.15) is 0 Å². The quantitative estimate of drug-likeness (QED) is 0.913. The molecule has 0 saturated carbocycles. The Balaban J connectivity index is 1.69. The van der Waals surface area contributed by atoms with Crippen molar-refractivity contribution in [3.63, 3.8) is 0 Å². The fourth-order valence-corrected chi connectivity index (χ4v) is 3.08. The SMILES string of the molecule is CN1CCC(NC(=O)c2ccc3scnc3c2)CC1. The Bertz CT molecular complexity index is 587. The molecule has 0 unspecified atom stereocenters. The van der Waals surface area contributed by atoms with Gasteiger partial charge in [-0.05, 0) is 51.2 Å². The van der Waals surface area contributed by atoms with E-state index in [1.165, 1.54) is 0 Å². The standard InChI is InChI=1S/C14H17N3OS/c1-17-6-4-11(5-7-17)16-14(18)10-2-3-13-12(8-10)15-9-19-13/h2-3,8-9,11H,4-7H2,1H3,(H,16,18). The lowest BCUT2D eigenvalue weighted by Gasteiger charge is -2.29. The third-order valence-electron chi connectivity index (χ3n) is 3.65. The number of thiazole rings is 1. The van der Waals surface area contributed by atoms with E-state index < -0.39 is 0 Å². The van der Waals surface area contributed by atoms with E-state index in [9.17, 15) is 4.79 Å². The van der Waals surface area contributed by atoms with Gasteiger partial charge in [0.2, 0.25) is 0 Å². The second kappa shape index (κ2) is 5.27. The molecule has 0 atom stereocenters. The Morgan fingerprint density at radius 3 is 3.00 bits per heavy atom. The lowest BCUT2D eigenvalue weighted by atomic mass is 10.0. The first-order valence-electron chi connectivity index (χ1n) is 6.55. The Morgan fingerprint density at radius 1 is 1.42 bits per heavy atom. The summed E-state index contributed by atoms with van der Waals surface area (Å²) in [5, 5.41) is 3.12. The predicted octanol–water partition coefficient (Wildman–Crippen LogP) is 2.12. The van der Waals surface area contributed by atoms with E-state index in [2.05, 4.69) is 22.2 Å². The number of carbonyl (C=O) groups is 1. The van der Waals surface area contributed by atoms with Crippen molar-refractivity contribution in [3.8, 4) is 0 Å². The van der Waals surface area contributed by atoms with Crippen molar-refractivity contribution in [3.05, 3.63) is 29.3 Å². The highest BCUT2D eigenvalue weighted by molar-refractivity contribution is 7.16. The molecule has 1 N–H and O–H groups in total. The van der Waals surface area contributed by atoms with Crippen molar-refractivity contribution in [1.82, 2.24) is 15.2 Å². The average Bonchev–Trinajstić information content (AvgIpc) is 2.88. The molecule has 1 saturated heterocycles. The minimum absolute atomic E-state index is 0.0180. The zero-order valence-electron chi connectivity index (χ0n) is 10.9. The zero-order valence-corrected chi connectivity index (χ0v) is 11.7. The van der Waals surface area contributed by atoms with Gasteiger partial charge in [-0.15, -0.1) is 11.3 Å². The van der Waals surface area contributed by atoms with E-state index >= 15 is 0 Å². The van der Waals surface area contributed by atoms with Crippen molar-refractivity contribution in [2.24, 2.45) is 0 Å². The van der Waals surface area contributed by atoms with Crippen LogP contribution < -0.4 is 5.32 Å². The molecule has 4 nitrogen and oxygen atoms in total. The van der Waals surface area contributed by atoms with E-state index in [-0.39, 0.29) is 5.91 Å². The van der Waals surface area contributed by atoms with Crippen LogP contribution in [-0.4, -0.2) is 42.0 Å². The number of hydrogen-bond donors (Lipinski definition) is 1. The molecule has 1 fully saturated rings. The van der Waals surface area contributed by atoms with Gasteiger partial charge >= 0.3 is 0 Å². The van der Waals surface area contributed by atoms with Gasteiger partial charge in [0.1, 0.15) is 0 Å². The van der Waals surface area contributed by atoms with E-state index in [1.807, 2.05) is 23.7 Å². The average molecular weight is 275 g/mol. The molecule has 0 radical (unpaired) electrons. The summed E-state index contributed by atoms with van der Waals surface area (Å²) >= 11 is 1.60. The monoisotopic (exact) mass is 275 g/mol. The number of nitrogens with zero attached hydrogens (tertiary/aromatic N) is 2. The maximum atomic E-state index is 12.2. The smallest absolute Gasteiger partial charge is 0.251 e. The summed E-state index contributed by atoms with van der Waals surface area (Å²) in [5.41, 5.74) is 3.42. The van der Waals surface area contributed by atoms with Crippen molar-refractivity contribution in [2.45, 2.75) is 18.9 Å². The molecule has 2 aromatic rings. The Hall–Kier alpha value is -1.46. The Kier molecular flexibility index (Phi) is 3.48. The van der Waals surface area contributed by atoms with Crippen molar-refractivity contribution >= 4 is 27.5 Å². The number of likely N-dealkylation sites (tertiary alicyclic amines) is 1. The molecule has 100 valence electrons. The largest absolute Gasteiger partial charge is 0.349 e. The summed E-state index contributed by atoms with van der Waals surface area (Å²) in [4.78, 5) is 18.8. The van der Waals surface area contributed by atoms with Crippen LogP contribution in [0, 0.1) is 0 Å². The normalized spacial score (nSPS) is 17.7. The second-order valence-electron chi connectivity index (χ2n) is 5.09. The van der Waals surface area contributed by atoms with E-state index in [0.29, 0.717) is 11.6 Å². The van der Waals surface area contributed by atoms with Crippen LogP contribution in [0.3, 0.4) is 0 Å². The molecule has 1 amide bonds. The van der Waals surface area contributed by atoms with Crippen LogP contribution in [0.4, 0.5) is 0 Å². The number of nitrogens with one attached hydrogen (secondary N) is 1. The lowest BCUT2D eigenvalue weighted by molar-refractivity contribution is 0.0917. The van der Waals surface area contributed by atoms with Crippen LogP contribution in [0.2, 0.25) is 0 Å². The van der Waals surface area contributed by atoms with Crippen LogP contribution in [0.15, 0.2) is 23.7 Å². The van der Waals surface area contributed by atoms with Gasteiger partial charge in [-0.1, -0.05) is 0 Å². The fraction of sp³-hybridized carbons (Fsp3) is 0.429. The zero-order chi connectivity index (χ0) is 13.2. The van der Waals surface area contributed by atoms with Gasteiger partial charge in [0, 0.05) is 11.6 Å². The first-order chi connectivity index (χ1) is 9.22. The molecule has 5 heteroatoms. The number of benzene rings is 1. The van der Waals surface area contributed by atoms with Crippen molar-refractivity contribution in [1.29, 1.82) is 0 Å². The minimum atomic E-state index is 0.0180. The first-order valence-corrected chi connectivity index (χ1v) is 7.43. The number of rotatable bonds is 2. The topological polar surface area (TPSA) is 45.2 Å². The first kappa shape index (κ1) is 12.6. The highest BCUT2D eigenvalue weighted by Gasteiger charge is 2.19. The van der Waals surface area contributed by atoms with Crippen LogP contribution in [-0.2, 0) is 0 Å². The highest BCUT2D eigenvalue weighted by Crippen LogP contribution is 2.19. The number of hydrogen-bond acceptors (Lipinski definition) is 4. The molecule has 19 heavy (non-hydrogen) atoms. The van der Waals surface area contributed by atoms with Crippen LogP contribution in [0.25, 0.3) is 10.2 Å². The number of amides is 1. The van der Waals surface area contributed by atoms with Crippen molar-refractivity contribution < 1.29 is 4.79 Å². The van der Waals surface area contributed by atoms with Crippen LogP contribution >= 0.6 is 11.3 Å². The Labute approximate surface area is 116 Å². The van der Waals surface area contributed by atoms with E-state index in [4.69, 9.17) is 0 Å². The Morgan fingerprint density at radius 2 is 2.21 bits per heavy atom. The second-order valence-corrected chi connectivity index (χ2v) is 5.97. The molecule has 1 aromatic heterocycles. The summed E-state index contributed by atoms with van der Waals surface area (Å²) in [7, 11) is 2.12. The molecule has 3 rings (SSSR count). The van der Waals surface area contributed by atoms with Crippen molar-refractivity contribution in [2.75, 3.05) is 20.1 Å². The molecule has 0 aliphatic carbocycles. The molecular formula is C14H17N3OS. The van der Waals surface area contributed by atoms with Crippen LogP contribution in [0.5, 0.6) is 0 Å². The number of fused-ring (bicyclic) bond motifs is 1. The van der Waals surface area contributed by atoms with Gasteiger partial charge in [-0.3, -0.25) is 4.79 Å².